The van der Waals surface area contributed by atoms with Crippen LogP contribution in [0.5, 0.6) is 11.5 Å². The van der Waals surface area contributed by atoms with Crippen molar-refractivity contribution >= 4 is 6.08 Å². The summed E-state index contributed by atoms with van der Waals surface area (Å²) in [5, 5.41) is 0. The number of epoxide rings is 2. The molecule has 2 heterocycles. The maximum Gasteiger partial charge on any atom is 0.126 e. The first-order valence-electron chi connectivity index (χ1n) is 11.0. The molecular weight excluding hydrogens is 388 g/mol. The van der Waals surface area contributed by atoms with Gasteiger partial charge < -0.3 is 18.9 Å². The Morgan fingerprint density at radius 1 is 0.968 bits per heavy atom. The topological polar surface area (TPSA) is 43.5 Å². The van der Waals surface area contributed by atoms with E-state index in [2.05, 4.69) is 62.9 Å². The molecule has 0 aliphatic carbocycles. The molecule has 0 amide bonds. The molecule has 0 spiro atoms. The molecule has 4 heteroatoms. The fourth-order valence-electron chi connectivity index (χ4n) is 3.66. The second-order valence-corrected chi connectivity index (χ2v) is 8.73. The predicted octanol–water partition coefficient (Wildman–Crippen LogP) is 5.33. The van der Waals surface area contributed by atoms with Crippen LogP contribution < -0.4 is 9.47 Å². The predicted molar refractivity (Wildman–Crippen MR) is 124 cm³/mol. The van der Waals surface area contributed by atoms with Crippen LogP contribution in [-0.4, -0.2) is 38.6 Å². The fraction of sp³-hybridized carbons (Fsp3) is 0.407. The summed E-state index contributed by atoms with van der Waals surface area (Å²) in [6, 6.07) is 13.0. The number of rotatable bonds is 11. The molecule has 4 nitrogen and oxygen atoms in total. The summed E-state index contributed by atoms with van der Waals surface area (Å²) in [5.41, 5.74) is 4.54. The summed E-state index contributed by atoms with van der Waals surface area (Å²) in [6.45, 7) is 13.3. The average Bonchev–Trinajstić information content (AvgIpc) is 3.67. The second kappa shape index (κ2) is 9.29. The normalized spacial score (nSPS) is 20.0. The molecule has 164 valence electrons. The van der Waals surface area contributed by atoms with Gasteiger partial charge in [-0.25, -0.2) is 0 Å². The largest absolute Gasteiger partial charge is 0.490 e. The summed E-state index contributed by atoms with van der Waals surface area (Å²) in [7, 11) is 0. The van der Waals surface area contributed by atoms with Gasteiger partial charge in [-0.15, -0.1) is 6.58 Å². The van der Waals surface area contributed by atoms with Crippen molar-refractivity contribution in [3.8, 4) is 11.5 Å². The quantitative estimate of drug-likeness (QED) is 0.364. The molecule has 2 aromatic rings. The molecule has 0 aromatic heterocycles. The molecule has 31 heavy (non-hydrogen) atoms. The van der Waals surface area contributed by atoms with Gasteiger partial charge in [0.05, 0.1) is 13.2 Å². The number of hydrogen-bond donors (Lipinski definition) is 0. The lowest BCUT2D eigenvalue weighted by atomic mass is 9.77. The molecule has 2 atom stereocenters. The Bertz CT molecular complexity index is 952. The highest BCUT2D eigenvalue weighted by atomic mass is 16.6. The smallest absolute Gasteiger partial charge is 0.126 e. The third-order valence-electron chi connectivity index (χ3n) is 5.88. The molecule has 0 N–H and O–H groups in total. The van der Waals surface area contributed by atoms with Gasteiger partial charge in [0, 0.05) is 11.0 Å². The van der Waals surface area contributed by atoms with E-state index < -0.39 is 0 Å². The van der Waals surface area contributed by atoms with Crippen molar-refractivity contribution in [3.05, 3.63) is 77.4 Å². The monoisotopic (exact) mass is 420 g/mol. The molecule has 2 fully saturated rings. The van der Waals surface area contributed by atoms with E-state index in [9.17, 15) is 0 Å². The van der Waals surface area contributed by atoms with Crippen molar-refractivity contribution in [2.24, 2.45) is 0 Å². The Balaban J connectivity index is 1.60. The van der Waals surface area contributed by atoms with Crippen LogP contribution in [0.25, 0.3) is 6.08 Å². The van der Waals surface area contributed by atoms with E-state index in [1.54, 1.807) is 0 Å². The number of allylic oxidation sites excluding steroid dienone is 2. The molecule has 0 bridgehead atoms. The maximum atomic E-state index is 6.00. The van der Waals surface area contributed by atoms with Gasteiger partial charge in [-0.1, -0.05) is 50.3 Å². The maximum absolute atomic E-state index is 6.00. The van der Waals surface area contributed by atoms with E-state index in [1.807, 2.05) is 19.1 Å². The lowest BCUT2D eigenvalue weighted by Crippen LogP contribution is -2.20. The molecule has 2 aromatic carbocycles. The van der Waals surface area contributed by atoms with Gasteiger partial charge in [-0.3, -0.25) is 0 Å². The first-order valence-corrected chi connectivity index (χ1v) is 11.0. The van der Waals surface area contributed by atoms with Crippen LogP contribution in [-0.2, 0) is 21.3 Å². The number of benzene rings is 2. The van der Waals surface area contributed by atoms with Crippen LogP contribution in [0.1, 0.15) is 43.0 Å². The molecule has 2 saturated heterocycles. The van der Waals surface area contributed by atoms with Crippen molar-refractivity contribution < 1.29 is 18.9 Å². The minimum atomic E-state index is -0.178. The van der Waals surface area contributed by atoms with Gasteiger partial charge >= 0.3 is 0 Å². The van der Waals surface area contributed by atoms with Crippen LogP contribution >= 0.6 is 0 Å². The van der Waals surface area contributed by atoms with Gasteiger partial charge in [0.2, 0.25) is 0 Å². The van der Waals surface area contributed by atoms with E-state index in [0.717, 1.165) is 42.3 Å². The number of ether oxygens (including phenoxy) is 4. The SMILES string of the molecule is C=CCc1cc(C(C)(C)c2ccc(OCC3CO3)c(/C=C\C)c2)ccc1OCC1CO1. The first kappa shape index (κ1) is 21.7. The van der Waals surface area contributed by atoms with Crippen molar-refractivity contribution in [3.63, 3.8) is 0 Å². The highest BCUT2D eigenvalue weighted by Crippen LogP contribution is 2.37. The highest BCUT2D eigenvalue weighted by molar-refractivity contribution is 5.60. The van der Waals surface area contributed by atoms with Crippen molar-refractivity contribution in [2.45, 2.75) is 44.8 Å². The number of hydrogen-bond acceptors (Lipinski definition) is 4. The van der Waals surface area contributed by atoms with E-state index in [0.29, 0.717) is 13.2 Å². The minimum Gasteiger partial charge on any atom is -0.490 e. The van der Waals surface area contributed by atoms with E-state index in [1.165, 1.54) is 11.1 Å². The third kappa shape index (κ3) is 5.38. The van der Waals surface area contributed by atoms with E-state index in [-0.39, 0.29) is 17.6 Å². The summed E-state index contributed by atoms with van der Waals surface area (Å²) in [5.74, 6) is 1.81. The van der Waals surface area contributed by atoms with Crippen molar-refractivity contribution in [1.29, 1.82) is 0 Å². The Morgan fingerprint density at radius 2 is 1.55 bits per heavy atom. The van der Waals surface area contributed by atoms with Crippen LogP contribution in [0.15, 0.2) is 55.1 Å². The molecule has 0 radical (unpaired) electrons. The molecule has 2 aliphatic rings. The van der Waals surface area contributed by atoms with Gasteiger partial charge in [0.1, 0.15) is 36.9 Å². The van der Waals surface area contributed by atoms with Crippen LogP contribution in [0.3, 0.4) is 0 Å². The standard InChI is InChI=1S/C27H32O4/c1-5-7-19-13-21(9-11-25(19)30-17-23-15-28-23)27(3,4)22-10-12-26(20(14-22)8-6-2)31-18-24-16-29-24/h5-6,8-14,23-24H,1,7,15-18H2,2-4H3/b8-6-. The van der Waals surface area contributed by atoms with Crippen molar-refractivity contribution in [2.75, 3.05) is 26.4 Å². The Hall–Kier alpha value is -2.56. The lowest BCUT2D eigenvalue weighted by Gasteiger charge is -2.28. The fourth-order valence-corrected chi connectivity index (χ4v) is 3.66. The van der Waals surface area contributed by atoms with Crippen molar-refractivity contribution in [1.82, 2.24) is 0 Å². The average molecular weight is 421 g/mol. The Morgan fingerprint density at radius 3 is 2.13 bits per heavy atom. The zero-order chi connectivity index (χ0) is 21.8. The van der Waals surface area contributed by atoms with Crippen LogP contribution in [0.2, 0.25) is 0 Å². The van der Waals surface area contributed by atoms with Crippen LogP contribution in [0, 0.1) is 0 Å². The summed E-state index contributed by atoms with van der Waals surface area (Å²) < 4.78 is 22.5. The van der Waals surface area contributed by atoms with Gasteiger partial charge in [-0.2, -0.15) is 0 Å². The summed E-state index contributed by atoms with van der Waals surface area (Å²) in [4.78, 5) is 0. The first-order chi connectivity index (χ1) is 15.0. The molecular formula is C27H32O4. The van der Waals surface area contributed by atoms with Gasteiger partial charge in [0.15, 0.2) is 0 Å². The highest BCUT2D eigenvalue weighted by Gasteiger charge is 2.27. The van der Waals surface area contributed by atoms with Gasteiger partial charge in [-0.05, 0) is 48.2 Å². The molecule has 2 unspecified atom stereocenters. The molecule has 4 rings (SSSR count). The molecule has 0 saturated carbocycles. The summed E-state index contributed by atoms with van der Waals surface area (Å²) in [6.07, 6.45) is 7.32. The summed E-state index contributed by atoms with van der Waals surface area (Å²) >= 11 is 0. The molecule has 2 aliphatic heterocycles. The van der Waals surface area contributed by atoms with E-state index in [4.69, 9.17) is 18.9 Å². The Kier molecular flexibility index (Phi) is 6.49. The van der Waals surface area contributed by atoms with Crippen LogP contribution in [0.4, 0.5) is 0 Å². The minimum absolute atomic E-state index is 0.178. The van der Waals surface area contributed by atoms with E-state index >= 15 is 0 Å². The second-order valence-electron chi connectivity index (χ2n) is 8.73. The lowest BCUT2D eigenvalue weighted by molar-refractivity contribution is 0.261. The zero-order valence-corrected chi connectivity index (χ0v) is 18.7. The Labute approximate surface area is 185 Å². The third-order valence-corrected chi connectivity index (χ3v) is 5.88. The van der Waals surface area contributed by atoms with Gasteiger partial charge in [0.25, 0.3) is 0 Å². The zero-order valence-electron chi connectivity index (χ0n) is 18.7.